The third kappa shape index (κ3) is 6.80. The van der Waals surface area contributed by atoms with E-state index in [2.05, 4.69) is 31.1 Å². The number of halogens is 3. The van der Waals surface area contributed by atoms with Crippen LogP contribution in [0.2, 0.25) is 0 Å². The van der Waals surface area contributed by atoms with Crippen molar-refractivity contribution in [2.75, 3.05) is 18.0 Å². The van der Waals surface area contributed by atoms with Gasteiger partial charge in [-0.1, -0.05) is 18.7 Å². The van der Waals surface area contributed by atoms with E-state index in [4.69, 9.17) is 5.73 Å². The van der Waals surface area contributed by atoms with Crippen LogP contribution in [-0.4, -0.2) is 44.9 Å². The van der Waals surface area contributed by atoms with E-state index in [-0.39, 0.29) is 17.5 Å². The third-order valence-electron chi connectivity index (χ3n) is 5.37. The lowest BCUT2D eigenvalue weighted by atomic mass is 9.99. The van der Waals surface area contributed by atoms with Crippen molar-refractivity contribution in [2.24, 2.45) is 10.7 Å². The molecule has 34 heavy (non-hydrogen) atoms. The van der Waals surface area contributed by atoms with Crippen molar-refractivity contribution in [1.29, 1.82) is 0 Å². The van der Waals surface area contributed by atoms with Crippen molar-refractivity contribution in [3.8, 4) is 0 Å². The summed E-state index contributed by atoms with van der Waals surface area (Å²) in [6.45, 7) is 10.6. The first-order valence-electron chi connectivity index (χ1n) is 10.8. The lowest BCUT2D eigenvalue weighted by molar-refractivity contribution is -0.137. The van der Waals surface area contributed by atoms with Crippen molar-refractivity contribution in [2.45, 2.75) is 51.4 Å². The van der Waals surface area contributed by atoms with Crippen molar-refractivity contribution >= 4 is 28.1 Å². The van der Waals surface area contributed by atoms with Gasteiger partial charge in [0.05, 0.1) is 11.3 Å². The van der Waals surface area contributed by atoms with Gasteiger partial charge in [-0.15, -0.1) is 0 Å². The van der Waals surface area contributed by atoms with Gasteiger partial charge in [0.2, 0.25) is 5.13 Å². The molecule has 0 radical (unpaired) electrons. The maximum Gasteiger partial charge on any atom is 0.416 e. The number of hydrogen-bond donors (Lipinski definition) is 3. The summed E-state index contributed by atoms with van der Waals surface area (Å²) in [5.74, 6) is 1.14. The summed E-state index contributed by atoms with van der Waals surface area (Å²) in [5.41, 5.74) is 4.82. The van der Waals surface area contributed by atoms with Crippen LogP contribution in [0, 0.1) is 6.92 Å². The summed E-state index contributed by atoms with van der Waals surface area (Å²) in [6.07, 6.45) is -1.26. The normalized spacial score (nSPS) is 16.6. The second kappa shape index (κ2) is 10.1. The molecule has 7 nitrogen and oxygen atoms in total. The van der Waals surface area contributed by atoms with E-state index in [0.29, 0.717) is 11.4 Å². The Bertz CT molecular complexity index is 1060. The number of piperidine rings is 1. The molecule has 0 aliphatic carbocycles. The smallest absolute Gasteiger partial charge is 0.398 e. The van der Waals surface area contributed by atoms with Crippen LogP contribution in [0.5, 0.6) is 0 Å². The van der Waals surface area contributed by atoms with Gasteiger partial charge >= 0.3 is 6.18 Å². The van der Waals surface area contributed by atoms with Gasteiger partial charge in [-0.2, -0.15) is 17.5 Å². The molecule has 0 saturated carbocycles. The number of aryl methyl sites for hydroxylation is 1. The predicted molar refractivity (Wildman–Crippen MR) is 129 cm³/mol. The second-order valence-corrected chi connectivity index (χ2v) is 9.44. The van der Waals surface area contributed by atoms with Crippen LogP contribution in [0.4, 0.5) is 18.3 Å². The number of benzene rings is 1. The highest BCUT2D eigenvalue weighted by Gasteiger charge is 2.30. The van der Waals surface area contributed by atoms with E-state index < -0.39 is 17.3 Å². The standard InChI is InChI=1S/C23H29F3N6OS/c1-14(28-18-9-11-32(12-10-18)21-30-15(2)31-34-21)29-20(22(3,4)33)13-19(27)16-5-7-17(8-6-16)23(24,25)26/h5-8,13,18,28,33H,1,9-12,27H2,2-4H3/b19-13-,29-20+. The number of aliphatic imine (C=N–C) groups is 1. The molecule has 184 valence electrons. The number of anilines is 1. The Labute approximate surface area is 201 Å². The maximum absolute atomic E-state index is 12.8. The fourth-order valence-electron chi connectivity index (χ4n) is 3.47. The first kappa shape index (κ1) is 25.7. The lowest BCUT2D eigenvalue weighted by Crippen LogP contribution is -2.42. The van der Waals surface area contributed by atoms with Gasteiger partial charge in [0.25, 0.3) is 0 Å². The lowest BCUT2D eigenvalue weighted by Gasteiger charge is -2.32. The molecule has 3 rings (SSSR count). The number of nitrogens with one attached hydrogen (secondary N) is 1. The fourth-order valence-corrected chi connectivity index (χ4v) is 4.20. The van der Waals surface area contributed by atoms with Crippen LogP contribution in [-0.2, 0) is 6.18 Å². The molecule has 1 aliphatic heterocycles. The molecular weight excluding hydrogens is 465 g/mol. The number of alkyl halides is 3. The molecule has 1 aromatic carbocycles. The summed E-state index contributed by atoms with van der Waals surface area (Å²) in [4.78, 5) is 11.1. The molecule has 0 bridgehead atoms. The molecule has 0 spiro atoms. The number of aromatic nitrogens is 2. The Morgan fingerprint density at radius 1 is 1.26 bits per heavy atom. The molecule has 1 aliphatic rings. The SMILES string of the molecule is C=C(/N=C(\C=C(/N)c1ccc(C(F)(F)F)cc1)C(C)(C)O)NC1CCN(c2nc(C)ns2)CC1. The molecule has 1 saturated heterocycles. The average Bonchev–Trinajstić information content (AvgIpc) is 3.19. The number of aliphatic hydroxyl groups is 1. The zero-order valence-electron chi connectivity index (χ0n) is 19.4. The minimum Gasteiger partial charge on any atom is -0.398 e. The Hall–Kier alpha value is -2.92. The van der Waals surface area contributed by atoms with Crippen molar-refractivity contribution in [3.05, 3.63) is 59.7 Å². The van der Waals surface area contributed by atoms with Gasteiger partial charge in [-0.05, 0) is 57.4 Å². The highest BCUT2D eigenvalue weighted by Crippen LogP contribution is 2.30. The van der Waals surface area contributed by atoms with Gasteiger partial charge in [-0.3, -0.25) is 0 Å². The van der Waals surface area contributed by atoms with Crippen LogP contribution in [0.3, 0.4) is 0 Å². The third-order valence-corrected chi connectivity index (χ3v) is 6.24. The van der Waals surface area contributed by atoms with E-state index in [0.717, 1.165) is 49.0 Å². The molecule has 11 heteroatoms. The summed E-state index contributed by atoms with van der Waals surface area (Å²) in [7, 11) is 0. The van der Waals surface area contributed by atoms with Gasteiger partial charge in [0.15, 0.2) is 0 Å². The molecule has 0 unspecified atom stereocenters. The topological polar surface area (TPSA) is 99.7 Å². The van der Waals surface area contributed by atoms with E-state index in [1.54, 1.807) is 13.8 Å². The largest absolute Gasteiger partial charge is 0.416 e. The molecule has 1 fully saturated rings. The summed E-state index contributed by atoms with van der Waals surface area (Å²) < 4.78 is 42.7. The molecule has 2 heterocycles. The zero-order chi connectivity index (χ0) is 25.1. The summed E-state index contributed by atoms with van der Waals surface area (Å²) >= 11 is 1.39. The average molecular weight is 495 g/mol. The zero-order valence-corrected chi connectivity index (χ0v) is 20.2. The molecule has 2 aromatic rings. The predicted octanol–water partition coefficient (Wildman–Crippen LogP) is 4.11. The Balaban J connectivity index is 1.67. The Morgan fingerprint density at radius 2 is 1.88 bits per heavy atom. The van der Waals surface area contributed by atoms with Crippen LogP contribution in [0.15, 0.2) is 47.7 Å². The number of nitrogens with zero attached hydrogens (tertiary/aromatic N) is 4. The quantitative estimate of drug-likeness (QED) is 0.501. The van der Waals surface area contributed by atoms with Crippen LogP contribution >= 0.6 is 11.5 Å². The Morgan fingerprint density at radius 3 is 2.38 bits per heavy atom. The first-order chi connectivity index (χ1) is 15.8. The number of rotatable bonds is 7. The highest BCUT2D eigenvalue weighted by atomic mass is 32.1. The van der Waals surface area contributed by atoms with Gasteiger partial charge in [-0.25, -0.2) is 9.98 Å². The minimum absolute atomic E-state index is 0.154. The monoisotopic (exact) mass is 494 g/mol. The van der Waals surface area contributed by atoms with Gasteiger partial charge in [0.1, 0.15) is 17.2 Å². The van der Waals surface area contributed by atoms with Gasteiger partial charge in [0, 0.05) is 36.4 Å². The molecular formula is C23H29F3N6OS. The Kier molecular flexibility index (Phi) is 7.67. The fraction of sp³-hybridized carbons (Fsp3) is 0.435. The second-order valence-electron chi connectivity index (χ2n) is 8.71. The summed E-state index contributed by atoms with van der Waals surface area (Å²) in [5, 5.41) is 14.8. The summed E-state index contributed by atoms with van der Waals surface area (Å²) in [6, 6.07) is 4.66. The molecule has 4 N–H and O–H groups in total. The van der Waals surface area contributed by atoms with E-state index in [1.807, 2.05) is 6.92 Å². The van der Waals surface area contributed by atoms with Crippen molar-refractivity contribution in [3.63, 3.8) is 0 Å². The highest BCUT2D eigenvalue weighted by molar-refractivity contribution is 7.09. The molecule has 0 atom stereocenters. The van der Waals surface area contributed by atoms with E-state index in [9.17, 15) is 18.3 Å². The number of hydrogen-bond acceptors (Lipinski definition) is 8. The maximum atomic E-state index is 12.8. The van der Waals surface area contributed by atoms with Gasteiger partial charge < -0.3 is 21.1 Å². The van der Waals surface area contributed by atoms with Crippen LogP contribution in [0.1, 0.15) is 43.6 Å². The van der Waals surface area contributed by atoms with E-state index >= 15 is 0 Å². The van der Waals surface area contributed by atoms with Crippen molar-refractivity contribution < 1.29 is 18.3 Å². The molecule has 0 amide bonds. The van der Waals surface area contributed by atoms with Crippen LogP contribution < -0.4 is 16.0 Å². The van der Waals surface area contributed by atoms with Crippen molar-refractivity contribution in [1.82, 2.24) is 14.7 Å². The van der Waals surface area contributed by atoms with Crippen LogP contribution in [0.25, 0.3) is 5.70 Å². The van der Waals surface area contributed by atoms with E-state index in [1.165, 1.54) is 29.7 Å². The first-order valence-corrected chi connectivity index (χ1v) is 11.6. The number of nitrogens with two attached hydrogens (primary N) is 1. The molecule has 1 aromatic heterocycles. The minimum atomic E-state index is -4.42.